The predicted octanol–water partition coefficient (Wildman–Crippen LogP) is 2.56. The van der Waals surface area contributed by atoms with Gasteiger partial charge in [-0.3, -0.25) is 4.79 Å². The van der Waals surface area contributed by atoms with Crippen molar-refractivity contribution in [2.75, 3.05) is 0 Å². The Labute approximate surface area is 124 Å². The zero-order valence-corrected chi connectivity index (χ0v) is 11.7. The molecule has 1 aliphatic rings. The lowest BCUT2D eigenvalue weighted by atomic mass is 10.1. The topological polar surface area (TPSA) is 80.9 Å². The summed E-state index contributed by atoms with van der Waals surface area (Å²) in [5.74, 6) is -1.13. The van der Waals surface area contributed by atoms with Crippen molar-refractivity contribution < 1.29 is 14.3 Å². The third kappa shape index (κ3) is 2.73. The molecule has 110 valence electrons. The van der Waals surface area contributed by atoms with Crippen molar-refractivity contribution in [3.8, 4) is 11.4 Å². The summed E-state index contributed by atoms with van der Waals surface area (Å²) in [4.78, 5) is 11.0. The summed E-state index contributed by atoms with van der Waals surface area (Å²) in [6.07, 6.45) is 1.76. The van der Waals surface area contributed by atoms with Crippen LogP contribution in [0.1, 0.15) is 25.3 Å². The van der Waals surface area contributed by atoms with Gasteiger partial charge in [0, 0.05) is 0 Å². The van der Waals surface area contributed by atoms with Gasteiger partial charge in [-0.25, -0.2) is 9.07 Å². The van der Waals surface area contributed by atoms with Crippen molar-refractivity contribution in [2.24, 2.45) is 5.92 Å². The number of hydrogen-bond acceptors (Lipinski definition) is 4. The Hall–Kier alpha value is -2.02. The lowest BCUT2D eigenvalue weighted by Crippen LogP contribution is -2.18. The number of halogens is 2. The number of aromatic nitrogens is 4. The maximum absolute atomic E-state index is 14.1. The van der Waals surface area contributed by atoms with Crippen LogP contribution in [0.4, 0.5) is 4.39 Å². The first-order chi connectivity index (χ1) is 10.1. The molecular weight excluding hydrogens is 299 g/mol. The van der Waals surface area contributed by atoms with Crippen LogP contribution in [0.15, 0.2) is 18.2 Å². The summed E-state index contributed by atoms with van der Waals surface area (Å²) in [6, 6.07) is 4.19. The summed E-state index contributed by atoms with van der Waals surface area (Å²) in [7, 11) is 0. The molecule has 0 amide bonds. The number of aliphatic carboxylic acids is 1. The second kappa shape index (κ2) is 5.40. The van der Waals surface area contributed by atoms with Crippen molar-refractivity contribution in [3.63, 3.8) is 0 Å². The molecule has 1 fully saturated rings. The maximum atomic E-state index is 14.1. The molecule has 1 saturated carbocycles. The average Bonchev–Trinajstić information content (AvgIpc) is 3.17. The van der Waals surface area contributed by atoms with E-state index in [0.29, 0.717) is 0 Å². The highest BCUT2D eigenvalue weighted by Crippen LogP contribution is 2.42. The Balaban J connectivity index is 2.03. The van der Waals surface area contributed by atoms with Crippen LogP contribution in [0.5, 0.6) is 0 Å². The summed E-state index contributed by atoms with van der Waals surface area (Å²) < 4.78 is 15.5. The van der Waals surface area contributed by atoms with Crippen LogP contribution >= 0.6 is 11.6 Å². The monoisotopic (exact) mass is 310 g/mol. The third-order valence-corrected chi connectivity index (χ3v) is 3.84. The van der Waals surface area contributed by atoms with Crippen molar-refractivity contribution in [3.05, 3.63) is 29.0 Å². The van der Waals surface area contributed by atoms with Crippen molar-refractivity contribution in [1.82, 2.24) is 20.2 Å². The maximum Gasteiger partial charge on any atom is 0.305 e. The molecule has 1 aromatic heterocycles. The fourth-order valence-corrected chi connectivity index (χ4v) is 2.56. The van der Waals surface area contributed by atoms with Crippen LogP contribution in [0.2, 0.25) is 5.02 Å². The number of nitrogens with zero attached hydrogens (tertiary/aromatic N) is 4. The van der Waals surface area contributed by atoms with Crippen LogP contribution in [0.3, 0.4) is 0 Å². The molecule has 0 bridgehead atoms. The van der Waals surface area contributed by atoms with Crippen LogP contribution < -0.4 is 0 Å². The molecule has 6 nitrogen and oxygen atoms in total. The number of tetrazole rings is 1. The molecule has 0 aliphatic heterocycles. The number of carbonyl (C=O) groups is 1. The van der Waals surface area contributed by atoms with Crippen LogP contribution in [0, 0.1) is 11.7 Å². The smallest absolute Gasteiger partial charge is 0.305 e. The molecule has 1 heterocycles. The first-order valence-corrected chi connectivity index (χ1v) is 6.89. The van der Waals surface area contributed by atoms with Crippen molar-refractivity contribution in [1.29, 1.82) is 0 Å². The predicted molar refractivity (Wildman–Crippen MR) is 72.2 cm³/mol. The molecular formula is C13H12ClFN4O2. The van der Waals surface area contributed by atoms with Gasteiger partial charge in [0.2, 0.25) is 0 Å². The summed E-state index contributed by atoms with van der Waals surface area (Å²) >= 11 is 5.77. The van der Waals surface area contributed by atoms with E-state index in [1.165, 1.54) is 16.8 Å². The van der Waals surface area contributed by atoms with Crippen LogP contribution in [-0.4, -0.2) is 31.3 Å². The van der Waals surface area contributed by atoms with Crippen molar-refractivity contribution >= 4 is 17.6 Å². The lowest BCUT2D eigenvalue weighted by molar-refractivity contribution is -0.138. The Morgan fingerprint density at radius 1 is 1.52 bits per heavy atom. The fraction of sp³-hybridized carbons (Fsp3) is 0.385. The molecule has 0 saturated heterocycles. The van der Waals surface area contributed by atoms with E-state index in [4.69, 9.17) is 16.7 Å². The van der Waals surface area contributed by atoms with E-state index in [1.807, 2.05) is 0 Å². The Bertz CT molecular complexity index is 687. The molecule has 1 aliphatic carbocycles. The molecule has 1 aromatic carbocycles. The number of hydrogen-bond donors (Lipinski definition) is 1. The highest BCUT2D eigenvalue weighted by molar-refractivity contribution is 6.31. The fourth-order valence-electron chi connectivity index (χ4n) is 2.38. The normalized spacial score (nSPS) is 15.9. The zero-order chi connectivity index (χ0) is 15.0. The van der Waals surface area contributed by atoms with Gasteiger partial charge in [0.1, 0.15) is 0 Å². The molecule has 0 radical (unpaired) electrons. The largest absolute Gasteiger partial charge is 0.481 e. The van der Waals surface area contributed by atoms with E-state index in [1.54, 1.807) is 6.07 Å². The van der Waals surface area contributed by atoms with Gasteiger partial charge in [0.05, 0.1) is 23.0 Å². The summed E-state index contributed by atoms with van der Waals surface area (Å²) in [5.41, 5.74) is 0.170. The van der Waals surface area contributed by atoms with E-state index in [-0.39, 0.29) is 34.8 Å². The van der Waals surface area contributed by atoms with Crippen molar-refractivity contribution in [2.45, 2.75) is 25.3 Å². The van der Waals surface area contributed by atoms with E-state index in [2.05, 4.69) is 15.5 Å². The van der Waals surface area contributed by atoms with Crippen LogP contribution in [0.25, 0.3) is 11.4 Å². The molecule has 21 heavy (non-hydrogen) atoms. The van der Waals surface area contributed by atoms with E-state index < -0.39 is 11.8 Å². The van der Waals surface area contributed by atoms with Gasteiger partial charge in [-0.05, 0) is 41.3 Å². The molecule has 3 rings (SSSR count). The minimum atomic E-state index is -0.931. The Kier molecular flexibility index (Phi) is 3.59. The molecule has 2 aromatic rings. The summed E-state index contributed by atoms with van der Waals surface area (Å²) in [5, 5.41) is 20.3. The zero-order valence-electron chi connectivity index (χ0n) is 10.9. The highest BCUT2D eigenvalue weighted by atomic mass is 35.5. The Morgan fingerprint density at radius 2 is 2.29 bits per heavy atom. The van der Waals surface area contributed by atoms with Gasteiger partial charge >= 0.3 is 5.97 Å². The number of rotatable bonds is 5. The third-order valence-electron chi connectivity index (χ3n) is 3.55. The highest BCUT2D eigenvalue weighted by Gasteiger charge is 2.36. The lowest BCUT2D eigenvalue weighted by Gasteiger charge is -2.16. The van der Waals surface area contributed by atoms with E-state index >= 15 is 0 Å². The molecule has 8 heteroatoms. The number of carboxylic acid groups (broad SMARTS) is 1. The standard InChI is InChI=1S/C13H12ClFN4O2/c14-9-3-1-2-8(12(9)15)13-16-17-18-19(13)10(6-11(20)21)7-4-5-7/h1-3,7,10H,4-6H2,(H,20,21). The van der Waals surface area contributed by atoms with E-state index in [0.717, 1.165) is 12.8 Å². The minimum absolute atomic E-state index is 0.0248. The SMILES string of the molecule is O=C(O)CC(C1CC1)n1nnnc1-c1cccc(Cl)c1F. The molecule has 1 unspecified atom stereocenters. The van der Waals surface area contributed by atoms with Gasteiger partial charge in [-0.2, -0.15) is 0 Å². The van der Waals surface area contributed by atoms with Gasteiger partial charge in [0.15, 0.2) is 11.6 Å². The molecule has 1 atom stereocenters. The molecule has 0 spiro atoms. The Morgan fingerprint density at radius 3 is 2.95 bits per heavy atom. The first-order valence-electron chi connectivity index (χ1n) is 6.52. The quantitative estimate of drug-likeness (QED) is 0.918. The van der Waals surface area contributed by atoms with E-state index in [9.17, 15) is 9.18 Å². The van der Waals surface area contributed by atoms with Gasteiger partial charge in [-0.1, -0.05) is 17.7 Å². The number of benzene rings is 1. The van der Waals surface area contributed by atoms with Gasteiger partial charge < -0.3 is 5.11 Å². The van der Waals surface area contributed by atoms with Crippen LogP contribution in [-0.2, 0) is 4.79 Å². The second-order valence-electron chi connectivity index (χ2n) is 5.05. The second-order valence-corrected chi connectivity index (χ2v) is 5.46. The summed E-state index contributed by atoms with van der Waals surface area (Å²) in [6.45, 7) is 0. The average molecular weight is 311 g/mol. The minimum Gasteiger partial charge on any atom is -0.481 e. The van der Waals surface area contributed by atoms with Gasteiger partial charge in [-0.15, -0.1) is 5.10 Å². The first kappa shape index (κ1) is 13.9. The molecule has 1 N–H and O–H groups in total. The van der Waals surface area contributed by atoms with Gasteiger partial charge in [0.25, 0.3) is 0 Å². The number of carboxylic acids is 1.